The number of nitrogens with zero attached hydrogens (tertiary/aromatic N) is 4. The van der Waals surface area contributed by atoms with Crippen molar-refractivity contribution in [1.82, 2.24) is 19.7 Å². The molecule has 3 rings (SSSR count). The Morgan fingerprint density at radius 3 is 2.55 bits per heavy atom. The number of carbonyl (C=O) groups excluding carboxylic acids is 1. The van der Waals surface area contributed by atoms with Gasteiger partial charge in [0.05, 0.1) is 5.52 Å². The summed E-state index contributed by atoms with van der Waals surface area (Å²) in [7, 11) is 1.78. The molecular formula is C14H13N5O. The summed E-state index contributed by atoms with van der Waals surface area (Å²) < 4.78 is 1.64. The number of hydrogen-bond acceptors (Lipinski definition) is 4. The van der Waals surface area contributed by atoms with Crippen LogP contribution >= 0.6 is 0 Å². The Bertz CT molecular complexity index is 804. The van der Waals surface area contributed by atoms with Gasteiger partial charge in [-0.3, -0.25) is 9.48 Å². The van der Waals surface area contributed by atoms with E-state index >= 15 is 0 Å². The number of hydrogen-bond donors (Lipinski definition) is 1. The number of nitrogens with two attached hydrogens (primary N) is 1. The second kappa shape index (κ2) is 4.41. The summed E-state index contributed by atoms with van der Waals surface area (Å²) in [6.45, 7) is 1.83. The van der Waals surface area contributed by atoms with E-state index in [9.17, 15) is 4.79 Å². The van der Waals surface area contributed by atoms with Crippen LogP contribution in [0.1, 0.15) is 16.3 Å². The Labute approximate surface area is 115 Å². The smallest absolute Gasteiger partial charge is 0.269 e. The van der Waals surface area contributed by atoms with Gasteiger partial charge < -0.3 is 5.73 Å². The topological polar surface area (TPSA) is 86.7 Å². The van der Waals surface area contributed by atoms with Crippen LogP contribution in [0.4, 0.5) is 0 Å². The number of primary amides is 1. The molecule has 0 spiro atoms. The minimum Gasteiger partial charge on any atom is -0.364 e. The van der Waals surface area contributed by atoms with Gasteiger partial charge in [0.2, 0.25) is 0 Å². The Kier molecular flexibility index (Phi) is 2.71. The average Bonchev–Trinajstić information content (AvgIpc) is 2.77. The molecule has 0 fully saturated rings. The highest BCUT2D eigenvalue weighted by molar-refractivity contribution is 6.05. The molecule has 0 saturated carbocycles. The first kappa shape index (κ1) is 12.3. The standard InChI is InChI=1S/C14H13N5O/c1-8-16-6-10(7-17-8)9-3-4-12-11(5-9)13(14(15)20)18-19(12)2/h3-7H,1-2H3,(H2,15,20). The minimum atomic E-state index is -0.534. The lowest BCUT2D eigenvalue weighted by atomic mass is 10.1. The summed E-state index contributed by atoms with van der Waals surface area (Å²) in [5.41, 5.74) is 8.30. The van der Waals surface area contributed by atoms with Crippen molar-refractivity contribution in [1.29, 1.82) is 0 Å². The van der Waals surface area contributed by atoms with Gasteiger partial charge in [-0.05, 0) is 24.6 Å². The Hall–Kier alpha value is -2.76. The zero-order valence-electron chi connectivity index (χ0n) is 11.2. The number of fused-ring (bicyclic) bond motifs is 1. The van der Waals surface area contributed by atoms with Crippen LogP contribution in [0.3, 0.4) is 0 Å². The van der Waals surface area contributed by atoms with Crippen molar-refractivity contribution in [3.8, 4) is 11.1 Å². The van der Waals surface area contributed by atoms with E-state index in [2.05, 4.69) is 15.1 Å². The molecule has 0 unspecified atom stereocenters. The van der Waals surface area contributed by atoms with E-state index in [0.29, 0.717) is 5.82 Å². The van der Waals surface area contributed by atoms with Crippen molar-refractivity contribution in [3.05, 3.63) is 42.1 Å². The highest BCUT2D eigenvalue weighted by Crippen LogP contribution is 2.25. The van der Waals surface area contributed by atoms with Crippen LogP contribution < -0.4 is 5.73 Å². The van der Waals surface area contributed by atoms with Gasteiger partial charge in [0.25, 0.3) is 5.91 Å². The van der Waals surface area contributed by atoms with Gasteiger partial charge in [-0.15, -0.1) is 0 Å². The van der Waals surface area contributed by atoms with E-state index in [1.165, 1.54) is 0 Å². The van der Waals surface area contributed by atoms with Crippen LogP contribution in [0.2, 0.25) is 0 Å². The van der Waals surface area contributed by atoms with Crippen molar-refractivity contribution < 1.29 is 4.79 Å². The summed E-state index contributed by atoms with van der Waals surface area (Å²) in [6, 6.07) is 5.74. The third-order valence-corrected chi connectivity index (χ3v) is 3.20. The van der Waals surface area contributed by atoms with Gasteiger partial charge in [-0.2, -0.15) is 5.10 Å². The summed E-state index contributed by atoms with van der Waals surface area (Å²) in [5, 5.41) is 4.88. The molecule has 3 aromatic rings. The lowest BCUT2D eigenvalue weighted by Crippen LogP contribution is -2.12. The normalized spacial score (nSPS) is 10.9. The van der Waals surface area contributed by atoms with Crippen molar-refractivity contribution in [2.24, 2.45) is 12.8 Å². The van der Waals surface area contributed by atoms with Gasteiger partial charge in [-0.25, -0.2) is 9.97 Å². The molecule has 20 heavy (non-hydrogen) atoms. The summed E-state index contributed by atoms with van der Waals surface area (Å²) >= 11 is 0. The molecule has 2 heterocycles. The minimum absolute atomic E-state index is 0.275. The monoisotopic (exact) mass is 267 g/mol. The molecule has 0 aliphatic rings. The number of aryl methyl sites for hydroxylation is 2. The molecule has 6 nitrogen and oxygen atoms in total. The molecule has 2 aromatic heterocycles. The number of aromatic nitrogens is 4. The second-order valence-corrected chi connectivity index (χ2v) is 4.59. The summed E-state index contributed by atoms with van der Waals surface area (Å²) in [4.78, 5) is 19.8. The van der Waals surface area contributed by atoms with Crippen molar-refractivity contribution in [3.63, 3.8) is 0 Å². The molecule has 0 atom stereocenters. The van der Waals surface area contributed by atoms with Gasteiger partial charge >= 0.3 is 0 Å². The molecule has 0 bridgehead atoms. The maximum Gasteiger partial charge on any atom is 0.269 e. The lowest BCUT2D eigenvalue weighted by molar-refractivity contribution is 0.0996. The molecule has 0 radical (unpaired) electrons. The fourth-order valence-electron chi connectivity index (χ4n) is 2.17. The van der Waals surface area contributed by atoms with Gasteiger partial charge in [0, 0.05) is 30.4 Å². The highest BCUT2D eigenvalue weighted by Gasteiger charge is 2.14. The maximum atomic E-state index is 11.4. The van der Waals surface area contributed by atoms with E-state index in [1.807, 2.05) is 25.1 Å². The van der Waals surface area contributed by atoms with E-state index < -0.39 is 5.91 Å². The fourth-order valence-corrected chi connectivity index (χ4v) is 2.17. The van der Waals surface area contributed by atoms with E-state index in [1.54, 1.807) is 24.1 Å². The Morgan fingerprint density at radius 1 is 1.20 bits per heavy atom. The van der Waals surface area contributed by atoms with E-state index in [0.717, 1.165) is 22.0 Å². The Balaban J connectivity index is 2.21. The van der Waals surface area contributed by atoms with Crippen LogP contribution in [0, 0.1) is 6.92 Å². The van der Waals surface area contributed by atoms with Crippen LogP contribution in [0.5, 0.6) is 0 Å². The molecule has 1 aromatic carbocycles. The quantitative estimate of drug-likeness (QED) is 0.761. The number of carbonyl (C=O) groups is 1. The Morgan fingerprint density at radius 2 is 1.90 bits per heavy atom. The van der Waals surface area contributed by atoms with Crippen LogP contribution in [-0.2, 0) is 7.05 Å². The molecule has 100 valence electrons. The first-order chi connectivity index (χ1) is 9.56. The van der Waals surface area contributed by atoms with Crippen molar-refractivity contribution >= 4 is 16.8 Å². The number of rotatable bonds is 2. The first-order valence-corrected chi connectivity index (χ1v) is 6.12. The molecule has 2 N–H and O–H groups in total. The third-order valence-electron chi connectivity index (χ3n) is 3.20. The van der Waals surface area contributed by atoms with E-state index in [4.69, 9.17) is 5.73 Å². The van der Waals surface area contributed by atoms with Gasteiger partial charge in [-0.1, -0.05) is 6.07 Å². The SMILES string of the molecule is Cc1ncc(-c2ccc3c(c2)c(C(N)=O)nn3C)cn1. The molecule has 6 heteroatoms. The van der Waals surface area contributed by atoms with Crippen LogP contribution in [0.15, 0.2) is 30.6 Å². The highest BCUT2D eigenvalue weighted by atomic mass is 16.1. The van der Waals surface area contributed by atoms with Crippen molar-refractivity contribution in [2.75, 3.05) is 0 Å². The van der Waals surface area contributed by atoms with Crippen LogP contribution in [-0.4, -0.2) is 25.7 Å². The molecule has 1 amide bonds. The maximum absolute atomic E-state index is 11.4. The molecule has 0 aliphatic heterocycles. The van der Waals surface area contributed by atoms with Crippen molar-refractivity contribution in [2.45, 2.75) is 6.92 Å². The molecule has 0 saturated heterocycles. The summed E-state index contributed by atoms with van der Waals surface area (Å²) in [5.74, 6) is 0.182. The fraction of sp³-hybridized carbons (Fsp3) is 0.143. The third kappa shape index (κ3) is 1.91. The largest absolute Gasteiger partial charge is 0.364 e. The van der Waals surface area contributed by atoms with E-state index in [-0.39, 0.29) is 5.69 Å². The zero-order valence-corrected chi connectivity index (χ0v) is 11.2. The second-order valence-electron chi connectivity index (χ2n) is 4.59. The van der Waals surface area contributed by atoms with Crippen LogP contribution in [0.25, 0.3) is 22.0 Å². The predicted octanol–water partition coefficient (Wildman–Crippen LogP) is 1.44. The summed E-state index contributed by atoms with van der Waals surface area (Å²) in [6.07, 6.45) is 3.51. The number of amides is 1. The number of benzene rings is 1. The average molecular weight is 267 g/mol. The molecule has 0 aliphatic carbocycles. The first-order valence-electron chi connectivity index (χ1n) is 6.12. The van der Waals surface area contributed by atoms with Gasteiger partial charge in [0.1, 0.15) is 5.82 Å². The van der Waals surface area contributed by atoms with Gasteiger partial charge in [0.15, 0.2) is 5.69 Å². The zero-order chi connectivity index (χ0) is 14.3. The lowest BCUT2D eigenvalue weighted by Gasteiger charge is -2.02. The predicted molar refractivity (Wildman–Crippen MR) is 75.0 cm³/mol. The molecular weight excluding hydrogens is 254 g/mol.